The maximum atomic E-state index is 13.0. The van der Waals surface area contributed by atoms with Crippen molar-refractivity contribution in [1.82, 2.24) is 15.5 Å². The summed E-state index contributed by atoms with van der Waals surface area (Å²) in [6, 6.07) is 0. The average molecular weight is 557 g/mol. The van der Waals surface area contributed by atoms with Gasteiger partial charge in [0.15, 0.2) is 0 Å². The first-order chi connectivity index (χ1) is 17.3. The summed E-state index contributed by atoms with van der Waals surface area (Å²) in [5.41, 5.74) is -1.49. The first-order valence-electron chi connectivity index (χ1n) is 12.8. The molecule has 0 aromatic heterocycles. The van der Waals surface area contributed by atoms with Gasteiger partial charge >= 0.3 is 12.2 Å². The van der Waals surface area contributed by atoms with Crippen LogP contribution in [0.15, 0.2) is 4.99 Å². The zero-order valence-electron chi connectivity index (χ0n) is 23.2. The molecule has 0 aliphatic carbocycles. The normalized spacial score (nSPS) is 16.0. The standard InChI is InChI=1S/C26H44N4O5S2/c1-8-9-12-18-30(24(33)35-26(5,6)7)22(29-23(32)34-25(2,3)4)28-17-16-27-21(31)14-11-10-13-20-15-19-36-37-20/h1,20H,9-19H2,2-7H3,(H,27,31)(H,28,29,32). The zero-order chi connectivity index (χ0) is 27.9. The Kier molecular flexibility index (Phi) is 14.9. The fourth-order valence-corrected chi connectivity index (χ4v) is 6.22. The van der Waals surface area contributed by atoms with Crippen LogP contribution in [0.3, 0.4) is 0 Å². The molecule has 1 unspecified atom stereocenters. The number of nitrogens with zero attached hydrogens (tertiary/aromatic N) is 2. The predicted molar refractivity (Wildman–Crippen MR) is 153 cm³/mol. The van der Waals surface area contributed by atoms with Crippen molar-refractivity contribution in [3.63, 3.8) is 0 Å². The van der Waals surface area contributed by atoms with Gasteiger partial charge in [0.2, 0.25) is 11.9 Å². The summed E-state index contributed by atoms with van der Waals surface area (Å²) in [6.07, 6.45) is 9.64. The third-order valence-corrected chi connectivity index (χ3v) is 7.79. The van der Waals surface area contributed by atoms with Crippen LogP contribution in [0.25, 0.3) is 0 Å². The minimum Gasteiger partial charge on any atom is -0.444 e. The third kappa shape index (κ3) is 16.4. The molecule has 37 heavy (non-hydrogen) atoms. The molecule has 0 bridgehead atoms. The monoisotopic (exact) mass is 556 g/mol. The number of alkyl carbamates (subject to hydrolysis) is 1. The van der Waals surface area contributed by atoms with Crippen LogP contribution in [-0.4, -0.2) is 70.8 Å². The molecular weight excluding hydrogens is 512 g/mol. The van der Waals surface area contributed by atoms with Crippen LogP contribution < -0.4 is 10.6 Å². The maximum Gasteiger partial charge on any atom is 0.417 e. The molecule has 0 saturated carbocycles. The molecular formula is C26H44N4O5S2. The van der Waals surface area contributed by atoms with Gasteiger partial charge in [0.1, 0.15) is 11.2 Å². The van der Waals surface area contributed by atoms with E-state index in [9.17, 15) is 14.4 Å². The maximum absolute atomic E-state index is 13.0. The van der Waals surface area contributed by atoms with Crippen LogP contribution in [0.4, 0.5) is 9.59 Å². The van der Waals surface area contributed by atoms with Gasteiger partial charge in [-0.3, -0.25) is 15.1 Å². The molecule has 0 radical (unpaired) electrons. The number of unbranched alkanes of at least 4 members (excludes halogenated alkanes) is 2. The van der Waals surface area contributed by atoms with E-state index in [-0.39, 0.29) is 31.5 Å². The Labute approximate surface area is 230 Å². The van der Waals surface area contributed by atoms with Crippen LogP contribution in [0.1, 0.15) is 86.5 Å². The van der Waals surface area contributed by atoms with Crippen molar-refractivity contribution in [1.29, 1.82) is 0 Å². The number of carbonyl (C=O) groups excluding carboxylic acids is 3. The number of ether oxygens (including phenoxy) is 2. The van der Waals surface area contributed by atoms with Gasteiger partial charge in [-0.25, -0.2) is 14.5 Å². The van der Waals surface area contributed by atoms with Crippen LogP contribution >= 0.6 is 21.6 Å². The fraction of sp³-hybridized carbons (Fsp3) is 0.769. The van der Waals surface area contributed by atoms with Crippen molar-refractivity contribution >= 4 is 45.6 Å². The molecule has 2 N–H and O–H groups in total. The zero-order valence-corrected chi connectivity index (χ0v) is 24.8. The van der Waals surface area contributed by atoms with E-state index in [4.69, 9.17) is 15.9 Å². The summed E-state index contributed by atoms with van der Waals surface area (Å²) >= 11 is 0. The predicted octanol–water partition coefficient (Wildman–Crippen LogP) is 5.35. The summed E-state index contributed by atoms with van der Waals surface area (Å²) in [6.45, 7) is 11.1. The van der Waals surface area contributed by atoms with E-state index in [2.05, 4.69) is 21.5 Å². The molecule has 0 spiro atoms. The SMILES string of the molecule is C#CCCCN(C(=O)OC(C)(C)C)C(=NCCNC(=O)CCCCC1CCSS1)NC(=O)OC(C)(C)C. The summed E-state index contributed by atoms with van der Waals surface area (Å²) in [7, 11) is 3.89. The van der Waals surface area contributed by atoms with E-state index >= 15 is 0 Å². The Morgan fingerprint density at radius 1 is 1.08 bits per heavy atom. The van der Waals surface area contributed by atoms with E-state index in [1.165, 1.54) is 17.1 Å². The van der Waals surface area contributed by atoms with Gasteiger partial charge in [0.05, 0.1) is 6.54 Å². The van der Waals surface area contributed by atoms with Crippen molar-refractivity contribution < 1.29 is 23.9 Å². The molecule has 1 saturated heterocycles. The number of nitrogens with one attached hydrogen (secondary N) is 2. The van der Waals surface area contributed by atoms with E-state index in [1.807, 2.05) is 21.6 Å². The highest BCUT2D eigenvalue weighted by atomic mass is 33.1. The first-order valence-corrected chi connectivity index (χ1v) is 15.2. The summed E-state index contributed by atoms with van der Waals surface area (Å²) in [5.74, 6) is 3.71. The van der Waals surface area contributed by atoms with Crippen molar-refractivity contribution in [2.24, 2.45) is 4.99 Å². The van der Waals surface area contributed by atoms with Gasteiger partial charge in [0.25, 0.3) is 0 Å². The minimum atomic E-state index is -0.750. The lowest BCUT2D eigenvalue weighted by molar-refractivity contribution is -0.121. The number of aliphatic imine (C=N–C) groups is 1. The van der Waals surface area contributed by atoms with Crippen LogP contribution in [-0.2, 0) is 14.3 Å². The quantitative estimate of drug-likeness (QED) is 0.116. The molecule has 0 aromatic carbocycles. The Bertz CT molecular complexity index is 809. The Morgan fingerprint density at radius 3 is 2.38 bits per heavy atom. The summed E-state index contributed by atoms with van der Waals surface area (Å²) in [5, 5.41) is 6.14. The fourth-order valence-electron chi connectivity index (χ4n) is 3.19. The number of rotatable bonds is 11. The highest BCUT2D eigenvalue weighted by Gasteiger charge is 2.28. The Hall–Kier alpha value is -2.06. The van der Waals surface area contributed by atoms with Gasteiger partial charge in [-0.05, 0) is 67.2 Å². The lowest BCUT2D eigenvalue weighted by Gasteiger charge is -2.28. The second-order valence-electron chi connectivity index (χ2n) is 10.7. The van der Waals surface area contributed by atoms with Crippen LogP contribution in [0.5, 0.6) is 0 Å². The molecule has 1 heterocycles. The Morgan fingerprint density at radius 2 is 1.78 bits per heavy atom. The number of guanidine groups is 1. The molecule has 1 fully saturated rings. The molecule has 1 aliphatic rings. The number of carbonyl (C=O) groups is 3. The van der Waals surface area contributed by atoms with Crippen LogP contribution in [0, 0.1) is 12.3 Å². The smallest absolute Gasteiger partial charge is 0.417 e. The number of hydrogen-bond acceptors (Lipinski definition) is 8. The minimum absolute atomic E-state index is 0.0123. The van der Waals surface area contributed by atoms with Gasteiger partial charge in [-0.1, -0.05) is 28.0 Å². The highest BCUT2D eigenvalue weighted by Crippen LogP contribution is 2.39. The van der Waals surface area contributed by atoms with Gasteiger partial charge in [0, 0.05) is 36.9 Å². The van der Waals surface area contributed by atoms with Gasteiger partial charge in [-0.15, -0.1) is 12.3 Å². The molecule has 1 atom stereocenters. The summed E-state index contributed by atoms with van der Waals surface area (Å²) < 4.78 is 10.9. The number of hydrogen-bond donors (Lipinski definition) is 2. The van der Waals surface area contributed by atoms with Crippen molar-refractivity contribution in [2.45, 2.75) is 103 Å². The second-order valence-corrected chi connectivity index (χ2v) is 13.5. The molecule has 210 valence electrons. The van der Waals surface area contributed by atoms with Crippen molar-refractivity contribution in [3.8, 4) is 12.3 Å². The van der Waals surface area contributed by atoms with Crippen molar-refractivity contribution in [2.75, 3.05) is 25.4 Å². The number of amides is 3. The second kappa shape index (κ2) is 16.7. The van der Waals surface area contributed by atoms with E-state index in [1.54, 1.807) is 41.5 Å². The molecule has 11 heteroatoms. The largest absolute Gasteiger partial charge is 0.444 e. The van der Waals surface area contributed by atoms with Gasteiger partial charge in [-0.2, -0.15) is 0 Å². The van der Waals surface area contributed by atoms with Crippen LogP contribution in [0.2, 0.25) is 0 Å². The van der Waals surface area contributed by atoms with E-state index in [0.29, 0.717) is 24.5 Å². The molecule has 3 amide bonds. The number of terminal acetylenes is 1. The third-order valence-electron chi connectivity index (χ3n) is 4.79. The first kappa shape index (κ1) is 33.0. The van der Waals surface area contributed by atoms with Crippen molar-refractivity contribution in [3.05, 3.63) is 0 Å². The molecule has 1 aliphatic heterocycles. The average Bonchev–Trinajstić information content (AvgIpc) is 3.27. The molecule has 0 aromatic rings. The Balaban J connectivity index is 2.77. The summed E-state index contributed by atoms with van der Waals surface area (Å²) in [4.78, 5) is 43.3. The molecule has 9 nitrogen and oxygen atoms in total. The lowest BCUT2D eigenvalue weighted by Crippen LogP contribution is -2.50. The van der Waals surface area contributed by atoms with E-state index in [0.717, 1.165) is 19.3 Å². The van der Waals surface area contributed by atoms with E-state index < -0.39 is 23.4 Å². The highest BCUT2D eigenvalue weighted by molar-refractivity contribution is 8.77. The molecule has 1 rings (SSSR count). The topological polar surface area (TPSA) is 109 Å². The van der Waals surface area contributed by atoms with Gasteiger partial charge < -0.3 is 14.8 Å². The lowest BCUT2D eigenvalue weighted by atomic mass is 10.1.